The fraction of sp³-hybridized carbons (Fsp3) is 0.267. The molecule has 0 radical (unpaired) electrons. The van der Waals surface area contributed by atoms with Crippen molar-refractivity contribution in [3.05, 3.63) is 53.5 Å². The number of ether oxygens (including phenoxy) is 1. The second kappa shape index (κ2) is 4.69. The number of rotatable bonds is 2. The van der Waals surface area contributed by atoms with Gasteiger partial charge in [0.2, 0.25) is 5.76 Å². The van der Waals surface area contributed by atoms with Crippen LogP contribution in [0, 0.1) is 0 Å². The van der Waals surface area contributed by atoms with E-state index in [9.17, 15) is 4.79 Å². The summed E-state index contributed by atoms with van der Waals surface area (Å²) < 4.78 is 10.3. The monoisotopic (exact) mass is 242 g/mol. The van der Waals surface area contributed by atoms with E-state index < -0.39 is 5.97 Å². The molecule has 0 bridgehead atoms. The lowest BCUT2D eigenvalue weighted by Gasteiger charge is -2.16. The fourth-order valence-corrected chi connectivity index (χ4v) is 2.33. The summed E-state index contributed by atoms with van der Waals surface area (Å²) in [5, 5.41) is 0. The van der Waals surface area contributed by atoms with Gasteiger partial charge in [0, 0.05) is 0 Å². The van der Waals surface area contributed by atoms with Gasteiger partial charge in [-0.05, 0) is 61.1 Å². The van der Waals surface area contributed by atoms with E-state index >= 15 is 0 Å². The van der Waals surface area contributed by atoms with Crippen LogP contribution in [0.1, 0.15) is 34.5 Å². The molecule has 1 aromatic heterocycles. The number of carbonyl (C=O) groups is 1. The van der Waals surface area contributed by atoms with Crippen molar-refractivity contribution in [2.45, 2.75) is 25.7 Å². The molecule has 3 rings (SSSR count). The molecule has 0 N–H and O–H groups in total. The van der Waals surface area contributed by atoms with Crippen LogP contribution in [0.5, 0.6) is 5.75 Å². The summed E-state index contributed by atoms with van der Waals surface area (Å²) in [6, 6.07) is 9.14. The lowest BCUT2D eigenvalue weighted by atomic mass is 9.92. The third-order valence-electron chi connectivity index (χ3n) is 3.25. The van der Waals surface area contributed by atoms with Gasteiger partial charge in [0.05, 0.1) is 6.26 Å². The minimum atomic E-state index is -0.448. The Kier molecular flexibility index (Phi) is 2.89. The first-order chi connectivity index (χ1) is 8.83. The molecule has 18 heavy (non-hydrogen) atoms. The first-order valence-corrected chi connectivity index (χ1v) is 6.20. The van der Waals surface area contributed by atoms with Gasteiger partial charge in [-0.3, -0.25) is 0 Å². The van der Waals surface area contributed by atoms with Crippen molar-refractivity contribution in [2.24, 2.45) is 0 Å². The van der Waals surface area contributed by atoms with Crippen LogP contribution in [0.2, 0.25) is 0 Å². The molecule has 0 atom stereocenters. The number of carbonyl (C=O) groups excluding carboxylic acids is 1. The highest BCUT2D eigenvalue weighted by atomic mass is 16.5. The molecule has 1 aromatic carbocycles. The summed E-state index contributed by atoms with van der Waals surface area (Å²) in [6.45, 7) is 0. The zero-order valence-corrected chi connectivity index (χ0v) is 10.0. The van der Waals surface area contributed by atoms with Crippen molar-refractivity contribution < 1.29 is 13.9 Å². The third-order valence-corrected chi connectivity index (χ3v) is 3.25. The zero-order valence-electron chi connectivity index (χ0n) is 10.0. The Morgan fingerprint density at radius 1 is 1.11 bits per heavy atom. The predicted molar refractivity (Wildman–Crippen MR) is 66.8 cm³/mol. The van der Waals surface area contributed by atoms with Crippen LogP contribution >= 0.6 is 0 Å². The summed E-state index contributed by atoms with van der Waals surface area (Å²) in [5.41, 5.74) is 2.67. The molecule has 0 fully saturated rings. The zero-order chi connectivity index (χ0) is 12.4. The molecule has 3 heteroatoms. The number of aryl methyl sites for hydroxylation is 2. The van der Waals surface area contributed by atoms with E-state index in [4.69, 9.17) is 9.15 Å². The van der Waals surface area contributed by atoms with Gasteiger partial charge in [0.15, 0.2) is 0 Å². The lowest BCUT2D eigenvalue weighted by molar-refractivity contribution is 0.0701. The van der Waals surface area contributed by atoms with Crippen LogP contribution in [0.15, 0.2) is 41.0 Å². The van der Waals surface area contributed by atoms with Gasteiger partial charge < -0.3 is 9.15 Å². The Morgan fingerprint density at radius 2 is 1.94 bits per heavy atom. The Balaban J connectivity index is 1.79. The molecule has 92 valence electrons. The van der Waals surface area contributed by atoms with Gasteiger partial charge in [-0.15, -0.1) is 0 Å². The van der Waals surface area contributed by atoms with E-state index in [1.165, 1.54) is 30.2 Å². The van der Waals surface area contributed by atoms with Gasteiger partial charge in [0.1, 0.15) is 5.75 Å². The molecule has 0 amide bonds. The second-order valence-electron chi connectivity index (χ2n) is 4.50. The van der Waals surface area contributed by atoms with Gasteiger partial charge in [-0.1, -0.05) is 6.07 Å². The highest BCUT2D eigenvalue weighted by Gasteiger charge is 2.14. The van der Waals surface area contributed by atoms with Gasteiger partial charge in [0.25, 0.3) is 0 Å². The van der Waals surface area contributed by atoms with Crippen molar-refractivity contribution in [2.75, 3.05) is 0 Å². The van der Waals surface area contributed by atoms with E-state index in [0.717, 1.165) is 12.8 Å². The summed E-state index contributed by atoms with van der Waals surface area (Å²) in [6.07, 6.45) is 6.12. The number of hydrogen-bond donors (Lipinski definition) is 0. The highest BCUT2D eigenvalue weighted by molar-refractivity contribution is 5.88. The lowest BCUT2D eigenvalue weighted by Crippen LogP contribution is -2.09. The van der Waals surface area contributed by atoms with Crippen LogP contribution in [-0.4, -0.2) is 5.97 Å². The average Bonchev–Trinajstić information content (AvgIpc) is 2.92. The van der Waals surface area contributed by atoms with E-state index in [-0.39, 0.29) is 5.76 Å². The Bertz CT molecular complexity index is 555. The summed E-state index contributed by atoms with van der Waals surface area (Å²) >= 11 is 0. The van der Waals surface area contributed by atoms with E-state index in [1.54, 1.807) is 12.1 Å². The van der Waals surface area contributed by atoms with Crippen LogP contribution in [0.3, 0.4) is 0 Å². The van der Waals surface area contributed by atoms with Crippen molar-refractivity contribution in [3.8, 4) is 5.75 Å². The molecule has 0 aliphatic heterocycles. The summed E-state index contributed by atoms with van der Waals surface area (Å²) in [4.78, 5) is 11.7. The number of hydrogen-bond acceptors (Lipinski definition) is 3. The van der Waals surface area contributed by atoms with Gasteiger partial charge in [-0.2, -0.15) is 0 Å². The Labute approximate surface area is 105 Å². The van der Waals surface area contributed by atoms with Crippen molar-refractivity contribution in [1.29, 1.82) is 0 Å². The van der Waals surface area contributed by atoms with Crippen molar-refractivity contribution >= 4 is 5.97 Å². The Hall–Kier alpha value is -2.03. The maximum Gasteiger partial charge on any atom is 0.379 e. The third kappa shape index (κ3) is 2.16. The topological polar surface area (TPSA) is 39.4 Å². The van der Waals surface area contributed by atoms with Crippen molar-refractivity contribution in [1.82, 2.24) is 0 Å². The molecule has 1 aliphatic carbocycles. The van der Waals surface area contributed by atoms with Gasteiger partial charge in [-0.25, -0.2) is 4.79 Å². The standard InChI is InChI=1S/C15H14O3/c16-15(14-6-3-9-17-14)18-13-8-7-11-4-1-2-5-12(11)10-13/h3,6-10H,1-2,4-5H2. The Morgan fingerprint density at radius 3 is 2.72 bits per heavy atom. The number of furan rings is 1. The minimum absolute atomic E-state index is 0.229. The van der Waals surface area contributed by atoms with Crippen LogP contribution in [0.4, 0.5) is 0 Å². The molecule has 3 nitrogen and oxygen atoms in total. The normalized spacial score (nSPS) is 14.0. The predicted octanol–water partition coefficient (Wildman–Crippen LogP) is 3.38. The molecule has 0 saturated carbocycles. The van der Waals surface area contributed by atoms with E-state index in [2.05, 4.69) is 6.07 Å². The molecule has 0 unspecified atom stereocenters. The summed E-state index contributed by atoms with van der Waals surface area (Å²) in [7, 11) is 0. The molecular formula is C15H14O3. The first-order valence-electron chi connectivity index (χ1n) is 6.20. The smallest absolute Gasteiger partial charge is 0.379 e. The van der Waals surface area contributed by atoms with Crippen molar-refractivity contribution in [3.63, 3.8) is 0 Å². The molecule has 1 aliphatic rings. The number of esters is 1. The first kappa shape index (κ1) is 11.1. The van der Waals surface area contributed by atoms with Crippen LogP contribution < -0.4 is 4.74 Å². The molecule has 2 aromatic rings. The maximum absolute atomic E-state index is 11.7. The largest absolute Gasteiger partial charge is 0.457 e. The quantitative estimate of drug-likeness (QED) is 0.598. The van der Waals surface area contributed by atoms with Gasteiger partial charge >= 0.3 is 5.97 Å². The fourth-order valence-electron chi connectivity index (χ4n) is 2.33. The SMILES string of the molecule is O=C(Oc1ccc2c(c1)CCCC2)c1ccco1. The van der Waals surface area contributed by atoms with E-state index in [0.29, 0.717) is 5.75 Å². The minimum Gasteiger partial charge on any atom is -0.457 e. The van der Waals surface area contributed by atoms with E-state index in [1.807, 2.05) is 12.1 Å². The van der Waals surface area contributed by atoms with Crippen LogP contribution in [0.25, 0.3) is 0 Å². The molecule has 0 spiro atoms. The molecular weight excluding hydrogens is 228 g/mol. The summed E-state index contributed by atoms with van der Waals surface area (Å²) in [5.74, 6) is 0.375. The molecule has 1 heterocycles. The average molecular weight is 242 g/mol. The highest BCUT2D eigenvalue weighted by Crippen LogP contribution is 2.25. The molecule has 0 saturated heterocycles. The number of benzene rings is 1. The second-order valence-corrected chi connectivity index (χ2v) is 4.50. The van der Waals surface area contributed by atoms with Crippen LogP contribution in [-0.2, 0) is 12.8 Å². The number of fused-ring (bicyclic) bond motifs is 1. The maximum atomic E-state index is 11.7.